The van der Waals surface area contributed by atoms with Gasteiger partial charge in [0.2, 0.25) is 10.0 Å². The van der Waals surface area contributed by atoms with Crippen LogP contribution in [-0.2, 0) is 16.6 Å². The van der Waals surface area contributed by atoms with E-state index < -0.39 is 10.0 Å². The zero-order valence-corrected chi connectivity index (χ0v) is 16.6. The van der Waals surface area contributed by atoms with Crippen molar-refractivity contribution >= 4 is 32.8 Å². The molecule has 3 aromatic rings. The summed E-state index contributed by atoms with van der Waals surface area (Å²) in [5, 5.41) is 6.40. The monoisotopic (exact) mass is 389 g/mol. The molecule has 2 aromatic carbocycles. The van der Waals surface area contributed by atoms with E-state index in [1.54, 1.807) is 30.0 Å². The molecule has 138 valence electrons. The molecule has 7 heteroatoms. The minimum absolute atomic E-state index is 0.0952. The van der Waals surface area contributed by atoms with Crippen LogP contribution in [0.1, 0.15) is 37.5 Å². The second-order valence-corrected chi connectivity index (χ2v) is 9.14. The Hall–Kier alpha value is -1.83. The number of aryl methyl sites for hydroxylation is 1. The standard InChI is InChI=1S/C19H23N3O2S2/c1-3-4-12-22-18-11-10-16(26(20,23)24)13-17(18)21-19(22)25-14(2)15-8-6-5-7-9-15/h5-11,13-14H,3-4,12H2,1-2H3,(H2,20,23,24)/t14-/m1/s1. The molecule has 0 aliphatic carbocycles. The van der Waals surface area contributed by atoms with Crippen LogP contribution in [0.5, 0.6) is 0 Å². The van der Waals surface area contributed by atoms with Gasteiger partial charge in [0.1, 0.15) is 0 Å². The molecule has 0 saturated carbocycles. The average Bonchev–Trinajstić information content (AvgIpc) is 2.96. The minimum Gasteiger partial charge on any atom is -0.319 e. The Balaban J connectivity index is 2.02. The van der Waals surface area contributed by atoms with Crippen molar-refractivity contribution < 1.29 is 8.42 Å². The number of hydrogen-bond acceptors (Lipinski definition) is 4. The summed E-state index contributed by atoms with van der Waals surface area (Å²) < 4.78 is 25.5. The SMILES string of the molecule is CCCCn1c(S[C@H](C)c2ccccc2)nc2cc(S(N)(=O)=O)ccc21. The molecule has 1 aromatic heterocycles. The highest BCUT2D eigenvalue weighted by atomic mass is 32.2. The van der Waals surface area contributed by atoms with Gasteiger partial charge in [-0.15, -0.1) is 0 Å². The van der Waals surface area contributed by atoms with Crippen LogP contribution in [0.4, 0.5) is 0 Å². The highest BCUT2D eigenvalue weighted by Crippen LogP contribution is 2.36. The number of benzene rings is 2. The number of nitrogens with zero attached hydrogens (tertiary/aromatic N) is 2. The van der Waals surface area contributed by atoms with Crippen LogP contribution >= 0.6 is 11.8 Å². The van der Waals surface area contributed by atoms with Gasteiger partial charge >= 0.3 is 0 Å². The number of thioether (sulfide) groups is 1. The van der Waals surface area contributed by atoms with Gasteiger partial charge in [-0.1, -0.05) is 55.4 Å². The van der Waals surface area contributed by atoms with Crippen molar-refractivity contribution in [2.45, 2.75) is 48.5 Å². The summed E-state index contributed by atoms with van der Waals surface area (Å²) in [6.07, 6.45) is 2.11. The molecule has 0 unspecified atom stereocenters. The zero-order chi connectivity index (χ0) is 18.7. The predicted molar refractivity (Wildman–Crippen MR) is 107 cm³/mol. The summed E-state index contributed by atoms with van der Waals surface area (Å²) in [5.74, 6) is 0. The second kappa shape index (κ2) is 7.82. The van der Waals surface area contributed by atoms with E-state index in [9.17, 15) is 8.42 Å². The highest BCUT2D eigenvalue weighted by molar-refractivity contribution is 7.99. The Morgan fingerprint density at radius 3 is 2.58 bits per heavy atom. The molecule has 26 heavy (non-hydrogen) atoms. The summed E-state index contributed by atoms with van der Waals surface area (Å²) in [4.78, 5) is 4.81. The third-order valence-electron chi connectivity index (χ3n) is 4.30. The molecule has 0 spiro atoms. The fourth-order valence-electron chi connectivity index (χ4n) is 2.84. The van der Waals surface area contributed by atoms with E-state index in [4.69, 9.17) is 10.1 Å². The van der Waals surface area contributed by atoms with Gasteiger partial charge in [0.15, 0.2) is 5.16 Å². The van der Waals surface area contributed by atoms with Crippen molar-refractivity contribution in [2.24, 2.45) is 5.14 Å². The fourth-order valence-corrected chi connectivity index (χ4v) is 4.45. The topological polar surface area (TPSA) is 78.0 Å². The lowest BCUT2D eigenvalue weighted by Gasteiger charge is -2.13. The summed E-state index contributed by atoms with van der Waals surface area (Å²) in [5.41, 5.74) is 2.83. The van der Waals surface area contributed by atoms with E-state index in [0.717, 1.165) is 30.1 Å². The van der Waals surface area contributed by atoms with E-state index in [0.29, 0.717) is 5.52 Å². The molecule has 0 bridgehead atoms. The van der Waals surface area contributed by atoms with E-state index in [2.05, 4.69) is 30.5 Å². The molecule has 0 aliphatic rings. The Labute approximate surface area is 158 Å². The van der Waals surface area contributed by atoms with E-state index in [-0.39, 0.29) is 10.1 Å². The average molecular weight is 390 g/mol. The molecule has 1 heterocycles. The number of imidazole rings is 1. The van der Waals surface area contributed by atoms with Gasteiger partial charge in [-0.3, -0.25) is 0 Å². The Morgan fingerprint density at radius 1 is 1.19 bits per heavy atom. The fraction of sp³-hybridized carbons (Fsp3) is 0.316. The van der Waals surface area contributed by atoms with Crippen molar-refractivity contribution in [1.29, 1.82) is 0 Å². The van der Waals surface area contributed by atoms with Gasteiger partial charge in [0, 0.05) is 11.8 Å². The number of aromatic nitrogens is 2. The number of sulfonamides is 1. The third-order valence-corrected chi connectivity index (χ3v) is 6.36. The number of primary sulfonamides is 1. The molecule has 3 rings (SSSR count). The Kier molecular flexibility index (Phi) is 5.70. The van der Waals surface area contributed by atoms with Gasteiger partial charge < -0.3 is 4.57 Å². The van der Waals surface area contributed by atoms with Crippen molar-refractivity contribution in [2.75, 3.05) is 0 Å². The molecule has 0 saturated heterocycles. The van der Waals surface area contributed by atoms with Gasteiger partial charge in [-0.05, 0) is 37.1 Å². The lowest BCUT2D eigenvalue weighted by Crippen LogP contribution is -2.11. The smallest absolute Gasteiger partial charge is 0.238 e. The molecular formula is C19H23N3O2S2. The lowest BCUT2D eigenvalue weighted by atomic mass is 10.2. The third kappa shape index (κ3) is 4.11. The van der Waals surface area contributed by atoms with Crippen LogP contribution in [0.15, 0.2) is 58.6 Å². The van der Waals surface area contributed by atoms with Gasteiger partial charge in [-0.2, -0.15) is 0 Å². The molecule has 2 N–H and O–H groups in total. The minimum atomic E-state index is -3.74. The van der Waals surface area contributed by atoms with Crippen LogP contribution in [0.25, 0.3) is 11.0 Å². The first-order valence-corrected chi connectivity index (χ1v) is 11.1. The van der Waals surface area contributed by atoms with E-state index in [1.807, 2.05) is 18.2 Å². The molecule has 0 aliphatic heterocycles. The number of nitrogens with two attached hydrogens (primary N) is 1. The summed E-state index contributed by atoms with van der Waals surface area (Å²) in [7, 11) is -3.74. The zero-order valence-electron chi connectivity index (χ0n) is 14.9. The predicted octanol–water partition coefficient (Wildman–Crippen LogP) is 4.34. The largest absolute Gasteiger partial charge is 0.319 e. The summed E-state index contributed by atoms with van der Waals surface area (Å²) >= 11 is 1.68. The maximum Gasteiger partial charge on any atom is 0.238 e. The van der Waals surface area contributed by atoms with E-state index >= 15 is 0 Å². The number of rotatable bonds is 7. The van der Waals surface area contributed by atoms with Crippen molar-refractivity contribution in [1.82, 2.24) is 9.55 Å². The maximum atomic E-state index is 11.6. The summed E-state index contributed by atoms with van der Waals surface area (Å²) in [6, 6.07) is 15.2. The van der Waals surface area contributed by atoms with Crippen molar-refractivity contribution in [3.8, 4) is 0 Å². The first kappa shape index (κ1) is 18.9. The number of fused-ring (bicyclic) bond motifs is 1. The second-order valence-electron chi connectivity index (χ2n) is 6.27. The van der Waals surface area contributed by atoms with Crippen molar-refractivity contribution in [3.63, 3.8) is 0 Å². The van der Waals surface area contributed by atoms with Crippen LogP contribution in [0.3, 0.4) is 0 Å². The molecule has 1 atom stereocenters. The lowest BCUT2D eigenvalue weighted by molar-refractivity contribution is 0.597. The van der Waals surface area contributed by atoms with Gasteiger partial charge in [-0.25, -0.2) is 18.5 Å². The molecule has 0 fully saturated rings. The normalized spacial score (nSPS) is 13.2. The molecule has 0 amide bonds. The van der Waals surface area contributed by atoms with Gasteiger partial charge in [0.05, 0.1) is 15.9 Å². The van der Waals surface area contributed by atoms with Crippen LogP contribution < -0.4 is 5.14 Å². The van der Waals surface area contributed by atoms with Gasteiger partial charge in [0.25, 0.3) is 0 Å². The Morgan fingerprint density at radius 2 is 1.92 bits per heavy atom. The van der Waals surface area contributed by atoms with Crippen LogP contribution in [0.2, 0.25) is 0 Å². The summed E-state index contributed by atoms with van der Waals surface area (Å²) in [6.45, 7) is 5.16. The van der Waals surface area contributed by atoms with Crippen LogP contribution in [0, 0.1) is 0 Å². The van der Waals surface area contributed by atoms with E-state index in [1.165, 1.54) is 5.56 Å². The molecular weight excluding hydrogens is 366 g/mol. The molecule has 0 radical (unpaired) electrons. The van der Waals surface area contributed by atoms with Crippen molar-refractivity contribution in [3.05, 3.63) is 54.1 Å². The molecule has 5 nitrogen and oxygen atoms in total. The maximum absolute atomic E-state index is 11.6. The highest BCUT2D eigenvalue weighted by Gasteiger charge is 2.17. The number of unbranched alkanes of at least 4 members (excludes halogenated alkanes) is 1. The number of hydrogen-bond donors (Lipinski definition) is 1. The van der Waals surface area contributed by atoms with Crippen LogP contribution in [-0.4, -0.2) is 18.0 Å². The quantitative estimate of drug-likeness (QED) is 0.610. The Bertz CT molecular complexity index is 998. The first-order valence-electron chi connectivity index (χ1n) is 8.65. The first-order chi connectivity index (χ1) is 12.4.